The van der Waals surface area contributed by atoms with Gasteiger partial charge in [-0.3, -0.25) is 4.57 Å². The van der Waals surface area contributed by atoms with Crippen LogP contribution in [0.2, 0.25) is 0 Å². The summed E-state index contributed by atoms with van der Waals surface area (Å²) in [5, 5.41) is 2.39. The minimum absolute atomic E-state index is 0.00506. The Bertz CT molecular complexity index is 2960. The lowest BCUT2D eigenvalue weighted by Gasteiger charge is -2.33. The molecule has 6 aromatic carbocycles. The molecule has 9 rings (SSSR count). The van der Waals surface area contributed by atoms with Gasteiger partial charge in [-0.05, 0) is 130 Å². The van der Waals surface area contributed by atoms with E-state index in [9.17, 15) is 0 Å². The molecule has 5 nitrogen and oxygen atoms in total. The van der Waals surface area contributed by atoms with Crippen LogP contribution in [0.1, 0.15) is 117 Å². The van der Waals surface area contributed by atoms with Crippen molar-refractivity contribution in [1.29, 1.82) is 0 Å². The highest BCUT2D eigenvalue weighted by Crippen LogP contribution is 2.47. The third kappa shape index (κ3) is 7.73. The van der Waals surface area contributed by atoms with Crippen molar-refractivity contribution in [2.45, 2.75) is 111 Å². The summed E-state index contributed by atoms with van der Waals surface area (Å²) >= 11 is 0. The first kappa shape index (κ1) is 42.9. The van der Waals surface area contributed by atoms with Crippen LogP contribution in [-0.4, -0.2) is 16.2 Å². The number of fused-ring (bicyclic) bond motifs is 4. The van der Waals surface area contributed by atoms with Gasteiger partial charge in [-0.1, -0.05) is 137 Å². The average molecular weight is 845 g/mol. The lowest BCUT2D eigenvalue weighted by Crippen LogP contribution is -2.26. The number of benzene rings is 6. The van der Waals surface area contributed by atoms with Crippen LogP contribution in [0.3, 0.4) is 0 Å². The van der Waals surface area contributed by atoms with Crippen molar-refractivity contribution in [2.75, 3.05) is 16.5 Å². The number of pyridine rings is 1. The van der Waals surface area contributed by atoms with Gasteiger partial charge in [0.25, 0.3) is 0 Å². The summed E-state index contributed by atoms with van der Waals surface area (Å²) in [6.45, 7) is 26.0. The first-order valence-electron chi connectivity index (χ1n) is 23.2. The molecule has 0 N–H and O–H groups in total. The largest absolute Gasteiger partial charge is 0.457 e. The molecule has 64 heavy (non-hydrogen) atoms. The lowest BCUT2D eigenvalue weighted by atomic mass is 9.71. The summed E-state index contributed by atoms with van der Waals surface area (Å²) in [5.74, 6) is 2.47. The Morgan fingerprint density at radius 2 is 1.09 bits per heavy atom. The minimum atomic E-state index is -0.130. The van der Waals surface area contributed by atoms with Crippen molar-refractivity contribution in [3.8, 4) is 17.3 Å². The molecule has 8 aromatic rings. The fourth-order valence-electron chi connectivity index (χ4n) is 9.75. The Labute approximate surface area is 381 Å². The Morgan fingerprint density at radius 1 is 0.469 bits per heavy atom. The van der Waals surface area contributed by atoms with Crippen LogP contribution < -0.4 is 14.5 Å². The quantitative estimate of drug-likeness (QED) is 0.145. The molecule has 326 valence electrons. The molecule has 0 amide bonds. The minimum Gasteiger partial charge on any atom is -0.457 e. The predicted molar refractivity (Wildman–Crippen MR) is 271 cm³/mol. The number of ether oxygens (including phenoxy) is 1. The van der Waals surface area contributed by atoms with Gasteiger partial charge in [0.15, 0.2) is 0 Å². The van der Waals surface area contributed by atoms with Gasteiger partial charge >= 0.3 is 0 Å². The second-order valence-electron chi connectivity index (χ2n) is 20.9. The van der Waals surface area contributed by atoms with Gasteiger partial charge in [0.05, 0.1) is 22.4 Å². The monoisotopic (exact) mass is 845 g/mol. The van der Waals surface area contributed by atoms with Gasteiger partial charge in [-0.15, -0.1) is 0 Å². The maximum atomic E-state index is 6.85. The number of rotatable bonds is 9. The second-order valence-corrected chi connectivity index (χ2v) is 20.9. The molecule has 3 heterocycles. The normalized spacial score (nSPS) is 13.5. The lowest BCUT2D eigenvalue weighted by molar-refractivity contribution is 0.477. The van der Waals surface area contributed by atoms with Crippen molar-refractivity contribution in [3.63, 3.8) is 0 Å². The Balaban J connectivity index is 1.11. The Hall–Kier alpha value is -6.33. The predicted octanol–water partition coefficient (Wildman–Crippen LogP) is 16.2. The standard InChI is InChI=1S/C59H64N4O/c1-12-59(13-2,40-20-15-14-16-21-40)42-30-31-60-55(36-42)63-51-29-26-41(56(3,4)5)35-50(51)49-28-27-48(38-54(49)63)64-47-23-19-22-45(37-47)61-39-62(53-25-18-17-24-52(53)61)46-33-43(57(6,7)8)32-44(34-46)58(9,10)11/h14-38H,12-13,39H2,1-11H3. The van der Waals surface area contributed by atoms with Gasteiger partial charge in [0.1, 0.15) is 24.0 Å². The summed E-state index contributed by atoms with van der Waals surface area (Å²) in [6.07, 6.45) is 3.96. The van der Waals surface area contributed by atoms with E-state index in [0.29, 0.717) is 6.67 Å². The van der Waals surface area contributed by atoms with Crippen molar-refractivity contribution in [2.24, 2.45) is 0 Å². The van der Waals surface area contributed by atoms with Crippen LogP contribution in [0.15, 0.2) is 152 Å². The van der Waals surface area contributed by atoms with E-state index in [1.54, 1.807) is 0 Å². The number of hydrogen-bond donors (Lipinski definition) is 0. The van der Waals surface area contributed by atoms with Crippen molar-refractivity contribution < 1.29 is 4.74 Å². The second kappa shape index (κ2) is 16.0. The highest BCUT2D eigenvalue weighted by Gasteiger charge is 2.33. The fraction of sp³-hybridized carbons (Fsp3) is 0.305. The molecule has 1 aliphatic rings. The molecule has 0 bridgehead atoms. The zero-order chi connectivity index (χ0) is 45.2. The van der Waals surface area contributed by atoms with E-state index in [1.165, 1.54) is 55.7 Å². The summed E-state index contributed by atoms with van der Waals surface area (Å²) in [5.41, 5.74) is 13.4. The van der Waals surface area contributed by atoms with Gasteiger partial charge in [-0.2, -0.15) is 0 Å². The molecular weight excluding hydrogens is 781 g/mol. The SMILES string of the molecule is CCC(CC)(c1ccccc1)c1ccnc(-n2c3ccc(C(C)(C)C)cc3c3ccc(Oc4cccc(N5CN(c6cc(C(C)(C)C)cc(C(C)(C)C)c6)c6ccccc65)c4)cc32)c1. The van der Waals surface area contributed by atoms with Crippen LogP contribution in [-0.2, 0) is 21.7 Å². The molecule has 2 aromatic heterocycles. The molecular formula is C59H64N4O. The topological polar surface area (TPSA) is 33.5 Å². The van der Waals surface area contributed by atoms with Gasteiger partial charge < -0.3 is 14.5 Å². The van der Waals surface area contributed by atoms with Crippen LogP contribution in [0.4, 0.5) is 22.7 Å². The van der Waals surface area contributed by atoms with Gasteiger partial charge in [0.2, 0.25) is 0 Å². The van der Waals surface area contributed by atoms with Gasteiger partial charge in [0, 0.05) is 45.9 Å². The van der Waals surface area contributed by atoms with E-state index >= 15 is 0 Å². The smallest absolute Gasteiger partial charge is 0.137 e. The number of aromatic nitrogens is 2. The Morgan fingerprint density at radius 3 is 1.73 bits per heavy atom. The van der Waals surface area contributed by atoms with Crippen LogP contribution in [0, 0.1) is 0 Å². The third-order valence-corrected chi connectivity index (χ3v) is 13.7. The summed E-state index contributed by atoms with van der Waals surface area (Å²) in [7, 11) is 0. The fourth-order valence-corrected chi connectivity index (χ4v) is 9.75. The first-order chi connectivity index (χ1) is 30.5. The number of anilines is 4. The third-order valence-electron chi connectivity index (χ3n) is 13.7. The van der Waals surface area contributed by atoms with Gasteiger partial charge in [-0.25, -0.2) is 4.98 Å². The maximum Gasteiger partial charge on any atom is 0.137 e. The average Bonchev–Trinajstić information content (AvgIpc) is 3.82. The number of hydrogen-bond acceptors (Lipinski definition) is 4. The molecule has 0 fully saturated rings. The number of para-hydroxylation sites is 2. The molecule has 0 unspecified atom stereocenters. The van der Waals surface area contributed by atoms with E-state index in [2.05, 4.69) is 236 Å². The van der Waals surface area contributed by atoms with Crippen LogP contribution >= 0.6 is 0 Å². The molecule has 0 atom stereocenters. The van der Waals surface area contributed by atoms with E-state index in [1.807, 2.05) is 6.20 Å². The zero-order valence-electron chi connectivity index (χ0n) is 39.8. The number of nitrogens with zero attached hydrogens (tertiary/aromatic N) is 4. The maximum absolute atomic E-state index is 6.85. The molecule has 1 aliphatic heterocycles. The first-order valence-corrected chi connectivity index (χ1v) is 23.2. The van der Waals surface area contributed by atoms with E-state index < -0.39 is 0 Å². The Kier molecular flexibility index (Phi) is 10.8. The summed E-state index contributed by atoms with van der Waals surface area (Å²) in [4.78, 5) is 9.95. The van der Waals surface area contributed by atoms with E-state index in [0.717, 1.165) is 46.9 Å². The zero-order valence-corrected chi connectivity index (χ0v) is 39.8. The van der Waals surface area contributed by atoms with Crippen LogP contribution in [0.5, 0.6) is 11.5 Å². The highest BCUT2D eigenvalue weighted by atomic mass is 16.5. The highest BCUT2D eigenvalue weighted by molar-refractivity contribution is 6.10. The summed E-state index contributed by atoms with van der Waals surface area (Å²) < 4.78 is 9.19. The molecule has 0 aliphatic carbocycles. The summed E-state index contributed by atoms with van der Waals surface area (Å²) in [6, 6.07) is 53.4. The van der Waals surface area contributed by atoms with Crippen molar-refractivity contribution in [1.82, 2.24) is 9.55 Å². The van der Waals surface area contributed by atoms with E-state index in [4.69, 9.17) is 9.72 Å². The molecule has 0 saturated heterocycles. The molecule has 0 radical (unpaired) electrons. The molecule has 0 spiro atoms. The van der Waals surface area contributed by atoms with Crippen LogP contribution in [0.25, 0.3) is 27.6 Å². The molecule has 5 heteroatoms. The van der Waals surface area contributed by atoms with Crippen molar-refractivity contribution in [3.05, 3.63) is 180 Å². The molecule has 0 saturated carbocycles. The van der Waals surface area contributed by atoms with E-state index in [-0.39, 0.29) is 21.7 Å². The van der Waals surface area contributed by atoms with Crippen molar-refractivity contribution >= 4 is 44.6 Å².